The van der Waals surface area contributed by atoms with Gasteiger partial charge in [-0.1, -0.05) is 0 Å². The number of aromatic nitrogens is 3. The number of hydrogen-bond donors (Lipinski definition) is 1. The minimum absolute atomic E-state index is 0.269. The van der Waals surface area contributed by atoms with E-state index < -0.39 is 0 Å². The molecule has 0 amide bonds. The number of hydrogen-bond acceptors (Lipinski definition) is 3. The Bertz CT molecular complexity index is 688. The normalized spacial score (nSPS) is 11.0. The summed E-state index contributed by atoms with van der Waals surface area (Å²) in [5, 5.41) is 4.44. The Labute approximate surface area is 103 Å². The zero-order valence-corrected chi connectivity index (χ0v) is 9.55. The molecule has 0 bridgehead atoms. The fourth-order valence-corrected chi connectivity index (χ4v) is 1.96. The van der Waals surface area contributed by atoms with Crippen LogP contribution in [-0.2, 0) is 6.54 Å². The van der Waals surface area contributed by atoms with Crippen LogP contribution in [0.4, 0.5) is 4.39 Å². The van der Waals surface area contributed by atoms with Crippen molar-refractivity contribution in [3.8, 4) is 11.3 Å². The van der Waals surface area contributed by atoms with Crippen LogP contribution in [-0.4, -0.2) is 14.6 Å². The van der Waals surface area contributed by atoms with Crippen molar-refractivity contribution in [2.24, 2.45) is 5.73 Å². The average molecular weight is 242 g/mol. The van der Waals surface area contributed by atoms with E-state index in [0.29, 0.717) is 6.54 Å². The lowest BCUT2D eigenvalue weighted by Crippen LogP contribution is -1.98. The SMILES string of the molecule is NCc1c(-c2ccc(F)cc2)nn2cccnc12. The minimum atomic E-state index is -0.269. The summed E-state index contributed by atoms with van der Waals surface area (Å²) in [7, 11) is 0. The first-order chi connectivity index (χ1) is 8.79. The maximum atomic E-state index is 12.9. The van der Waals surface area contributed by atoms with Crippen molar-refractivity contribution in [1.29, 1.82) is 0 Å². The van der Waals surface area contributed by atoms with Gasteiger partial charge in [-0.2, -0.15) is 5.10 Å². The molecule has 0 radical (unpaired) electrons. The Balaban J connectivity index is 2.25. The van der Waals surface area contributed by atoms with Crippen LogP contribution in [0.3, 0.4) is 0 Å². The largest absolute Gasteiger partial charge is 0.326 e. The Hall–Kier alpha value is -2.27. The van der Waals surface area contributed by atoms with E-state index in [-0.39, 0.29) is 5.82 Å². The van der Waals surface area contributed by atoms with Gasteiger partial charge < -0.3 is 5.73 Å². The molecular formula is C13H11FN4. The molecule has 5 heteroatoms. The molecule has 0 unspecified atom stereocenters. The fourth-order valence-electron chi connectivity index (χ4n) is 1.96. The van der Waals surface area contributed by atoms with Gasteiger partial charge in [0.1, 0.15) is 5.82 Å². The van der Waals surface area contributed by atoms with Gasteiger partial charge in [-0.25, -0.2) is 13.9 Å². The van der Waals surface area contributed by atoms with Crippen molar-refractivity contribution < 1.29 is 4.39 Å². The van der Waals surface area contributed by atoms with Gasteiger partial charge in [-0.05, 0) is 30.3 Å². The first-order valence-electron chi connectivity index (χ1n) is 5.58. The molecule has 0 aliphatic heterocycles. The Morgan fingerprint density at radius 1 is 1.22 bits per heavy atom. The van der Waals surface area contributed by atoms with Gasteiger partial charge in [0.05, 0.1) is 5.69 Å². The van der Waals surface area contributed by atoms with Crippen LogP contribution in [0.25, 0.3) is 16.9 Å². The summed E-state index contributed by atoms with van der Waals surface area (Å²) in [5.41, 5.74) is 8.94. The Morgan fingerprint density at radius 2 is 2.00 bits per heavy atom. The molecule has 0 aliphatic carbocycles. The number of nitrogens with zero attached hydrogens (tertiary/aromatic N) is 3. The van der Waals surface area contributed by atoms with Crippen LogP contribution in [0.2, 0.25) is 0 Å². The van der Waals surface area contributed by atoms with Gasteiger partial charge in [0.2, 0.25) is 0 Å². The summed E-state index contributed by atoms with van der Waals surface area (Å²) in [6.07, 6.45) is 3.51. The molecule has 0 fully saturated rings. The lowest BCUT2D eigenvalue weighted by Gasteiger charge is -1.99. The maximum absolute atomic E-state index is 12.9. The van der Waals surface area contributed by atoms with Gasteiger partial charge in [0.25, 0.3) is 0 Å². The number of benzene rings is 1. The van der Waals surface area contributed by atoms with E-state index >= 15 is 0 Å². The third-order valence-electron chi connectivity index (χ3n) is 2.81. The van der Waals surface area contributed by atoms with Crippen molar-refractivity contribution >= 4 is 5.65 Å². The van der Waals surface area contributed by atoms with Crippen molar-refractivity contribution in [3.05, 3.63) is 54.1 Å². The summed E-state index contributed by atoms with van der Waals surface area (Å²) in [4.78, 5) is 4.26. The predicted octanol–water partition coefficient (Wildman–Crippen LogP) is 1.99. The third-order valence-corrected chi connectivity index (χ3v) is 2.81. The van der Waals surface area contributed by atoms with Crippen molar-refractivity contribution in [2.75, 3.05) is 0 Å². The maximum Gasteiger partial charge on any atom is 0.160 e. The molecule has 2 heterocycles. The zero-order valence-electron chi connectivity index (χ0n) is 9.55. The van der Waals surface area contributed by atoms with Crippen LogP contribution >= 0.6 is 0 Å². The van der Waals surface area contributed by atoms with E-state index in [1.807, 2.05) is 6.20 Å². The lowest BCUT2D eigenvalue weighted by molar-refractivity contribution is 0.628. The topological polar surface area (TPSA) is 56.2 Å². The Kier molecular flexibility index (Phi) is 2.53. The average Bonchev–Trinajstić information content (AvgIpc) is 2.78. The van der Waals surface area contributed by atoms with Crippen molar-refractivity contribution in [3.63, 3.8) is 0 Å². The second kappa shape index (κ2) is 4.19. The molecule has 1 aromatic carbocycles. The molecular weight excluding hydrogens is 231 g/mol. The van der Waals surface area contributed by atoms with E-state index in [2.05, 4.69) is 10.1 Å². The van der Waals surface area contributed by atoms with Crippen LogP contribution < -0.4 is 5.73 Å². The quantitative estimate of drug-likeness (QED) is 0.747. The molecule has 0 atom stereocenters. The fraction of sp³-hybridized carbons (Fsp3) is 0.0769. The molecule has 0 saturated heterocycles. The lowest BCUT2D eigenvalue weighted by atomic mass is 10.1. The third kappa shape index (κ3) is 1.65. The number of fused-ring (bicyclic) bond motifs is 1. The molecule has 3 rings (SSSR count). The van der Waals surface area contributed by atoms with Crippen molar-refractivity contribution in [1.82, 2.24) is 14.6 Å². The summed E-state index contributed by atoms with van der Waals surface area (Å²) >= 11 is 0. The standard InChI is InChI=1S/C13H11FN4/c14-10-4-2-9(3-5-10)12-11(8-15)13-16-6-1-7-18(13)17-12/h1-7H,8,15H2. The second-order valence-corrected chi connectivity index (χ2v) is 3.93. The highest BCUT2D eigenvalue weighted by atomic mass is 19.1. The van der Waals surface area contributed by atoms with Gasteiger partial charge in [0, 0.05) is 30.1 Å². The minimum Gasteiger partial charge on any atom is -0.326 e. The van der Waals surface area contributed by atoms with Gasteiger partial charge >= 0.3 is 0 Å². The van der Waals surface area contributed by atoms with Crippen molar-refractivity contribution in [2.45, 2.75) is 6.54 Å². The highest BCUT2D eigenvalue weighted by Gasteiger charge is 2.13. The van der Waals surface area contributed by atoms with E-state index in [9.17, 15) is 4.39 Å². The molecule has 90 valence electrons. The van der Waals surface area contributed by atoms with Crippen LogP contribution in [0.5, 0.6) is 0 Å². The molecule has 0 aliphatic rings. The van der Waals surface area contributed by atoms with E-state index in [4.69, 9.17) is 5.73 Å². The van der Waals surface area contributed by atoms with Gasteiger partial charge in [0.15, 0.2) is 5.65 Å². The molecule has 4 nitrogen and oxygen atoms in total. The first-order valence-corrected chi connectivity index (χ1v) is 5.58. The highest BCUT2D eigenvalue weighted by Crippen LogP contribution is 2.24. The zero-order chi connectivity index (χ0) is 12.5. The molecule has 18 heavy (non-hydrogen) atoms. The predicted molar refractivity (Wildman–Crippen MR) is 66.3 cm³/mol. The van der Waals surface area contributed by atoms with E-state index in [1.165, 1.54) is 12.1 Å². The smallest absolute Gasteiger partial charge is 0.160 e. The van der Waals surface area contributed by atoms with Gasteiger partial charge in [-0.15, -0.1) is 0 Å². The Morgan fingerprint density at radius 3 is 2.72 bits per heavy atom. The summed E-state index contributed by atoms with van der Waals surface area (Å²) < 4.78 is 14.6. The number of halogens is 1. The molecule has 2 N–H and O–H groups in total. The molecule has 3 aromatic rings. The second-order valence-electron chi connectivity index (χ2n) is 3.93. The summed E-state index contributed by atoms with van der Waals surface area (Å²) in [6.45, 7) is 0.340. The van der Waals surface area contributed by atoms with E-state index in [0.717, 1.165) is 22.5 Å². The number of nitrogens with two attached hydrogens (primary N) is 1. The summed E-state index contributed by atoms with van der Waals surface area (Å²) in [5.74, 6) is -0.269. The molecule has 0 spiro atoms. The van der Waals surface area contributed by atoms with Crippen LogP contribution in [0.1, 0.15) is 5.56 Å². The van der Waals surface area contributed by atoms with Gasteiger partial charge in [-0.3, -0.25) is 0 Å². The number of rotatable bonds is 2. The molecule has 2 aromatic heterocycles. The van der Waals surface area contributed by atoms with E-state index in [1.54, 1.807) is 28.9 Å². The highest BCUT2D eigenvalue weighted by molar-refractivity contribution is 5.70. The molecule has 0 saturated carbocycles. The monoisotopic (exact) mass is 242 g/mol. The summed E-state index contributed by atoms with van der Waals surface area (Å²) in [6, 6.07) is 8.00. The first kappa shape index (κ1) is 10.9. The van der Waals surface area contributed by atoms with Crippen LogP contribution in [0, 0.1) is 5.82 Å². The van der Waals surface area contributed by atoms with Crippen LogP contribution in [0.15, 0.2) is 42.7 Å².